The number of rotatable bonds is 5. The Morgan fingerprint density at radius 1 is 1.03 bits per heavy atom. The number of hydrogen-bond acceptors (Lipinski definition) is 4. The van der Waals surface area contributed by atoms with Crippen LogP contribution < -0.4 is 10.1 Å². The molecule has 0 saturated heterocycles. The van der Waals surface area contributed by atoms with Crippen LogP contribution in [0.4, 0.5) is 0 Å². The molecule has 3 heterocycles. The van der Waals surface area contributed by atoms with Crippen LogP contribution in [-0.2, 0) is 13.0 Å². The van der Waals surface area contributed by atoms with Crippen LogP contribution in [0.5, 0.6) is 5.75 Å². The van der Waals surface area contributed by atoms with Gasteiger partial charge in [0.25, 0.3) is 5.91 Å². The summed E-state index contributed by atoms with van der Waals surface area (Å²) in [5, 5.41) is 2.87. The summed E-state index contributed by atoms with van der Waals surface area (Å²) in [6.45, 7) is 1.06. The highest BCUT2D eigenvalue weighted by Crippen LogP contribution is 2.39. The predicted molar refractivity (Wildman–Crippen MR) is 129 cm³/mol. The van der Waals surface area contributed by atoms with Crippen molar-refractivity contribution in [3.8, 4) is 28.5 Å². The van der Waals surface area contributed by atoms with Crippen LogP contribution in [0.15, 0.2) is 69.7 Å². The van der Waals surface area contributed by atoms with Crippen molar-refractivity contribution in [2.75, 3.05) is 6.54 Å². The van der Waals surface area contributed by atoms with Crippen LogP contribution in [0.3, 0.4) is 0 Å². The van der Waals surface area contributed by atoms with E-state index in [1.54, 1.807) is 6.20 Å². The predicted octanol–water partition coefficient (Wildman–Crippen LogP) is 5.53. The Morgan fingerprint density at radius 2 is 1.88 bits per heavy atom. The monoisotopic (exact) mass is 552 g/mol. The molecule has 2 aromatic carbocycles. The fourth-order valence-corrected chi connectivity index (χ4v) is 5.01. The maximum atomic E-state index is 12.1. The molecule has 0 radical (unpaired) electrons. The first-order chi connectivity index (χ1) is 15.6. The Balaban J connectivity index is 1.52. The van der Waals surface area contributed by atoms with Gasteiger partial charge in [-0.1, -0.05) is 46.3 Å². The van der Waals surface area contributed by atoms with Gasteiger partial charge < -0.3 is 15.0 Å². The zero-order valence-corrected chi connectivity index (χ0v) is 20.0. The van der Waals surface area contributed by atoms with Gasteiger partial charge in [0.05, 0.1) is 27.0 Å². The van der Waals surface area contributed by atoms with E-state index in [1.165, 1.54) is 0 Å². The molecule has 1 aliphatic heterocycles. The number of H-pyrrole nitrogens is 1. The van der Waals surface area contributed by atoms with Crippen LogP contribution in [0.2, 0.25) is 0 Å². The average molecular weight is 554 g/mol. The molecule has 1 amide bonds. The molecule has 8 heteroatoms. The van der Waals surface area contributed by atoms with Crippen molar-refractivity contribution in [2.45, 2.75) is 13.0 Å². The van der Waals surface area contributed by atoms with Gasteiger partial charge in [0.1, 0.15) is 12.4 Å². The average Bonchev–Trinajstić information content (AvgIpc) is 3.25. The highest BCUT2D eigenvalue weighted by Gasteiger charge is 2.21. The van der Waals surface area contributed by atoms with Gasteiger partial charge in [0.15, 0.2) is 5.82 Å². The molecule has 6 nitrogen and oxygen atoms in total. The van der Waals surface area contributed by atoms with E-state index >= 15 is 0 Å². The molecule has 0 atom stereocenters. The smallest absolute Gasteiger partial charge is 0.253 e. The number of ether oxygens (including phenoxy) is 1. The van der Waals surface area contributed by atoms with Crippen molar-refractivity contribution in [3.05, 3.63) is 86.6 Å². The molecule has 32 heavy (non-hydrogen) atoms. The SMILES string of the molecule is O=C1NCCc2[nH]c(-c3ccnc(-c4cc(Br)cc(Br)c4OCc4ccccc4)n3)cc21. The summed E-state index contributed by atoms with van der Waals surface area (Å²) in [5.41, 5.74) is 4.93. The third-order valence-electron chi connectivity index (χ3n) is 5.21. The highest BCUT2D eigenvalue weighted by atomic mass is 79.9. The molecule has 0 aliphatic carbocycles. The third kappa shape index (κ3) is 4.20. The van der Waals surface area contributed by atoms with Gasteiger partial charge in [-0.25, -0.2) is 9.97 Å². The Labute approximate surface area is 201 Å². The summed E-state index contributed by atoms with van der Waals surface area (Å²) in [4.78, 5) is 24.8. The topological polar surface area (TPSA) is 79.9 Å². The number of carbonyl (C=O) groups excluding carboxylic acids is 1. The minimum absolute atomic E-state index is 0.0597. The standard InChI is InChI=1S/C24H18Br2N4O2/c25-15-10-17(22(18(26)11-15)32-13-14-4-2-1-3-5-14)23-27-8-7-20(30-23)21-12-16-19(29-21)6-9-28-24(16)31/h1-5,7-8,10-12,29H,6,9,13H2,(H,28,31). The number of fused-ring (bicyclic) bond motifs is 1. The molecule has 0 fully saturated rings. The van der Waals surface area contributed by atoms with E-state index in [9.17, 15) is 4.79 Å². The maximum Gasteiger partial charge on any atom is 0.253 e. The summed E-state index contributed by atoms with van der Waals surface area (Å²) >= 11 is 7.17. The molecule has 0 spiro atoms. The van der Waals surface area contributed by atoms with Gasteiger partial charge in [-0.2, -0.15) is 0 Å². The van der Waals surface area contributed by atoms with E-state index in [1.807, 2.05) is 54.6 Å². The number of nitrogens with one attached hydrogen (secondary N) is 2. The molecule has 5 rings (SSSR count). The number of aromatic nitrogens is 3. The van der Waals surface area contributed by atoms with Crippen molar-refractivity contribution < 1.29 is 9.53 Å². The number of nitrogens with zero attached hydrogens (tertiary/aromatic N) is 2. The number of amides is 1. The van der Waals surface area contributed by atoms with Gasteiger partial charge in [-0.05, 0) is 45.8 Å². The molecule has 4 aromatic rings. The Hall–Kier alpha value is -2.97. The fraction of sp³-hybridized carbons (Fsp3) is 0.125. The molecule has 0 saturated carbocycles. The van der Waals surface area contributed by atoms with E-state index in [2.05, 4.69) is 47.1 Å². The molecule has 160 valence electrons. The van der Waals surface area contributed by atoms with E-state index in [-0.39, 0.29) is 5.91 Å². The van der Waals surface area contributed by atoms with E-state index in [0.29, 0.717) is 36.0 Å². The highest BCUT2D eigenvalue weighted by molar-refractivity contribution is 9.11. The van der Waals surface area contributed by atoms with Gasteiger partial charge in [0, 0.05) is 29.3 Å². The van der Waals surface area contributed by atoms with E-state index in [4.69, 9.17) is 9.72 Å². The van der Waals surface area contributed by atoms with E-state index in [0.717, 1.165) is 37.9 Å². The minimum atomic E-state index is -0.0597. The molecule has 0 bridgehead atoms. The van der Waals surface area contributed by atoms with Crippen molar-refractivity contribution >= 4 is 37.8 Å². The van der Waals surface area contributed by atoms with Crippen molar-refractivity contribution in [2.24, 2.45) is 0 Å². The second-order valence-corrected chi connectivity index (χ2v) is 9.16. The molecule has 0 unspecified atom stereocenters. The normalized spacial score (nSPS) is 12.9. The van der Waals surface area contributed by atoms with E-state index < -0.39 is 0 Å². The number of halogens is 2. The summed E-state index contributed by atoms with van der Waals surface area (Å²) in [7, 11) is 0. The number of hydrogen-bond donors (Lipinski definition) is 2. The Kier molecular flexibility index (Phi) is 5.80. The largest absolute Gasteiger partial charge is 0.487 e. The third-order valence-corrected chi connectivity index (χ3v) is 6.26. The first-order valence-electron chi connectivity index (χ1n) is 10.1. The first-order valence-corrected chi connectivity index (χ1v) is 11.7. The lowest BCUT2D eigenvalue weighted by molar-refractivity contribution is 0.0946. The van der Waals surface area contributed by atoms with Gasteiger partial charge in [0.2, 0.25) is 0 Å². The minimum Gasteiger partial charge on any atom is -0.487 e. The van der Waals surface area contributed by atoms with Gasteiger partial charge >= 0.3 is 0 Å². The second kappa shape index (κ2) is 8.88. The molecule has 2 N–H and O–H groups in total. The zero-order chi connectivity index (χ0) is 22.1. The molecular formula is C24H18Br2N4O2. The number of benzene rings is 2. The van der Waals surface area contributed by atoms with Crippen molar-refractivity contribution in [1.29, 1.82) is 0 Å². The van der Waals surface area contributed by atoms with Gasteiger partial charge in [-0.3, -0.25) is 4.79 Å². The Bertz CT molecular complexity index is 1300. The molecule has 2 aromatic heterocycles. The summed E-state index contributed by atoms with van der Waals surface area (Å²) in [6, 6.07) is 17.5. The lowest BCUT2D eigenvalue weighted by Crippen LogP contribution is -2.31. The van der Waals surface area contributed by atoms with Crippen LogP contribution in [-0.4, -0.2) is 27.4 Å². The fourth-order valence-electron chi connectivity index (χ4n) is 3.67. The number of carbonyl (C=O) groups is 1. The van der Waals surface area contributed by atoms with Crippen LogP contribution in [0, 0.1) is 0 Å². The molecule has 1 aliphatic rings. The van der Waals surface area contributed by atoms with Crippen molar-refractivity contribution in [1.82, 2.24) is 20.3 Å². The summed E-state index contributed by atoms with van der Waals surface area (Å²) < 4.78 is 7.87. The summed E-state index contributed by atoms with van der Waals surface area (Å²) in [5.74, 6) is 1.14. The first kappa shape index (κ1) is 20.9. The van der Waals surface area contributed by atoms with Crippen LogP contribution in [0.1, 0.15) is 21.6 Å². The van der Waals surface area contributed by atoms with Gasteiger partial charge in [-0.15, -0.1) is 0 Å². The molecular weight excluding hydrogens is 536 g/mol. The van der Waals surface area contributed by atoms with Crippen LogP contribution >= 0.6 is 31.9 Å². The zero-order valence-electron chi connectivity index (χ0n) is 16.9. The summed E-state index contributed by atoms with van der Waals surface area (Å²) in [6.07, 6.45) is 2.49. The number of aromatic amines is 1. The lowest BCUT2D eigenvalue weighted by Gasteiger charge is -2.14. The quantitative estimate of drug-likeness (QED) is 0.340. The Morgan fingerprint density at radius 3 is 2.69 bits per heavy atom. The lowest BCUT2D eigenvalue weighted by atomic mass is 10.1. The van der Waals surface area contributed by atoms with Crippen molar-refractivity contribution in [3.63, 3.8) is 0 Å². The second-order valence-electron chi connectivity index (χ2n) is 7.39. The maximum absolute atomic E-state index is 12.1. The van der Waals surface area contributed by atoms with Crippen LogP contribution in [0.25, 0.3) is 22.8 Å².